The molecule has 0 aromatic heterocycles. The van der Waals surface area contributed by atoms with Gasteiger partial charge in [0.2, 0.25) is 0 Å². The van der Waals surface area contributed by atoms with Crippen LogP contribution >= 0.6 is 0 Å². The highest BCUT2D eigenvalue weighted by molar-refractivity contribution is 7.92. The van der Waals surface area contributed by atoms with Gasteiger partial charge in [0.15, 0.2) is 0 Å². The maximum atomic E-state index is 13.1. The number of nitrogens with one attached hydrogen (secondary N) is 1. The highest BCUT2D eigenvalue weighted by atomic mass is 32.2. The van der Waals surface area contributed by atoms with Crippen LogP contribution in [-0.2, 0) is 16.6 Å². The molecule has 0 aliphatic carbocycles. The third kappa shape index (κ3) is 5.21. The van der Waals surface area contributed by atoms with Gasteiger partial charge in [0, 0.05) is 38.9 Å². The summed E-state index contributed by atoms with van der Waals surface area (Å²) < 4.78 is 40.1. The first-order chi connectivity index (χ1) is 14.7. The number of amides is 1. The summed E-state index contributed by atoms with van der Waals surface area (Å²) in [5.41, 5.74) is 2.54. The van der Waals surface area contributed by atoms with E-state index in [1.807, 2.05) is 43.3 Å². The number of hydrogen-bond donors (Lipinski definition) is 1. The Kier molecular flexibility index (Phi) is 6.60. The summed E-state index contributed by atoms with van der Waals surface area (Å²) in [6.07, 6.45) is 0. The normalized spacial score (nSPS) is 11.1. The van der Waals surface area contributed by atoms with Crippen LogP contribution < -0.4 is 14.5 Å². The molecule has 0 aliphatic rings. The number of benzene rings is 3. The van der Waals surface area contributed by atoms with E-state index in [2.05, 4.69) is 5.32 Å². The molecule has 0 atom stereocenters. The van der Waals surface area contributed by atoms with E-state index in [9.17, 15) is 17.6 Å². The van der Waals surface area contributed by atoms with Crippen molar-refractivity contribution in [3.63, 3.8) is 0 Å². The van der Waals surface area contributed by atoms with Crippen molar-refractivity contribution < 1.29 is 17.6 Å². The molecule has 0 unspecified atom stereocenters. The van der Waals surface area contributed by atoms with E-state index in [1.165, 1.54) is 49.5 Å². The first kappa shape index (κ1) is 22.3. The quantitative estimate of drug-likeness (QED) is 0.608. The molecular formula is C23H24FN3O3S. The lowest BCUT2D eigenvalue weighted by atomic mass is 10.1. The van der Waals surface area contributed by atoms with Gasteiger partial charge < -0.3 is 10.2 Å². The summed E-state index contributed by atoms with van der Waals surface area (Å²) in [5, 5.41) is 2.81. The summed E-state index contributed by atoms with van der Waals surface area (Å²) >= 11 is 0. The zero-order valence-electron chi connectivity index (χ0n) is 17.5. The average molecular weight is 442 g/mol. The second-order valence-corrected chi connectivity index (χ2v) is 9.19. The number of sulfonamides is 1. The lowest BCUT2D eigenvalue weighted by Gasteiger charge is -2.20. The maximum absolute atomic E-state index is 13.1. The molecule has 162 valence electrons. The Bertz CT molecular complexity index is 1160. The van der Waals surface area contributed by atoms with E-state index in [-0.39, 0.29) is 16.4 Å². The summed E-state index contributed by atoms with van der Waals surface area (Å²) in [4.78, 5) is 14.5. The van der Waals surface area contributed by atoms with Gasteiger partial charge in [0.05, 0.1) is 10.6 Å². The Morgan fingerprint density at radius 1 is 0.903 bits per heavy atom. The number of anilines is 2. The molecule has 1 N–H and O–H groups in total. The number of carbonyl (C=O) groups is 1. The molecule has 0 bridgehead atoms. The number of nitrogens with zero attached hydrogens (tertiary/aromatic N) is 2. The van der Waals surface area contributed by atoms with Crippen molar-refractivity contribution in [1.29, 1.82) is 0 Å². The highest BCUT2D eigenvalue weighted by Gasteiger charge is 2.22. The van der Waals surface area contributed by atoms with Gasteiger partial charge >= 0.3 is 0 Å². The second kappa shape index (κ2) is 9.18. The Morgan fingerprint density at radius 3 is 2.13 bits per heavy atom. The van der Waals surface area contributed by atoms with Crippen molar-refractivity contribution >= 4 is 27.3 Å². The molecule has 1 amide bonds. The minimum Gasteiger partial charge on any atom is -0.378 e. The molecule has 3 aromatic rings. The maximum Gasteiger partial charge on any atom is 0.264 e. The largest absolute Gasteiger partial charge is 0.378 e. The standard InChI is InChI=1S/C23H24FN3O3S/c1-26(2)20-11-7-17(8-12-20)16-25-23(28)18-5-4-6-22(15-18)31(29,30)27(3)21-13-9-19(24)10-14-21/h4-15H,16H2,1-3H3,(H,25,28). The van der Waals surface area contributed by atoms with Crippen LogP contribution in [0.5, 0.6) is 0 Å². The molecule has 0 aliphatic heterocycles. The Labute approximate surface area is 182 Å². The van der Waals surface area contributed by atoms with Gasteiger partial charge in [-0.2, -0.15) is 0 Å². The van der Waals surface area contributed by atoms with Crippen LogP contribution in [0, 0.1) is 5.82 Å². The topological polar surface area (TPSA) is 69.7 Å². The lowest BCUT2D eigenvalue weighted by Crippen LogP contribution is -2.27. The smallest absolute Gasteiger partial charge is 0.264 e. The molecule has 0 saturated carbocycles. The molecular weight excluding hydrogens is 417 g/mol. The van der Waals surface area contributed by atoms with Crippen molar-refractivity contribution in [2.24, 2.45) is 0 Å². The van der Waals surface area contributed by atoms with Crippen LogP contribution in [0.1, 0.15) is 15.9 Å². The van der Waals surface area contributed by atoms with Crippen LogP contribution in [0.25, 0.3) is 0 Å². The minimum absolute atomic E-state index is 0.0256. The van der Waals surface area contributed by atoms with Crippen LogP contribution in [0.15, 0.2) is 77.7 Å². The molecule has 0 saturated heterocycles. The number of rotatable bonds is 7. The molecule has 6 nitrogen and oxygen atoms in total. The van der Waals surface area contributed by atoms with Crippen molar-refractivity contribution in [3.8, 4) is 0 Å². The van der Waals surface area contributed by atoms with E-state index in [0.29, 0.717) is 12.2 Å². The number of carbonyl (C=O) groups excluding carboxylic acids is 1. The first-order valence-corrected chi connectivity index (χ1v) is 11.0. The monoisotopic (exact) mass is 441 g/mol. The summed E-state index contributed by atoms with van der Waals surface area (Å²) in [6.45, 7) is 0.318. The summed E-state index contributed by atoms with van der Waals surface area (Å²) in [6, 6.07) is 18.7. The van der Waals surface area contributed by atoms with Crippen LogP contribution in [0.4, 0.5) is 15.8 Å². The van der Waals surface area contributed by atoms with Gasteiger partial charge in [-0.15, -0.1) is 0 Å². The Hall–Kier alpha value is -3.39. The Balaban J connectivity index is 1.74. The summed E-state index contributed by atoms with van der Waals surface area (Å²) in [7, 11) is 1.37. The molecule has 0 fully saturated rings. The van der Waals surface area contributed by atoms with Crippen LogP contribution in [0.3, 0.4) is 0 Å². The minimum atomic E-state index is -3.91. The zero-order valence-corrected chi connectivity index (χ0v) is 18.4. The number of halogens is 1. The van der Waals surface area contributed by atoms with E-state index < -0.39 is 15.8 Å². The third-order valence-corrected chi connectivity index (χ3v) is 6.63. The molecule has 0 spiro atoms. The zero-order chi connectivity index (χ0) is 22.6. The van der Waals surface area contributed by atoms with Gasteiger partial charge in [0.25, 0.3) is 15.9 Å². The molecule has 0 radical (unpaired) electrons. The van der Waals surface area contributed by atoms with Gasteiger partial charge in [-0.1, -0.05) is 18.2 Å². The SMILES string of the molecule is CN(C)c1ccc(CNC(=O)c2cccc(S(=O)(=O)N(C)c3ccc(F)cc3)c2)cc1. The van der Waals surface area contributed by atoms with Crippen LogP contribution in [-0.4, -0.2) is 35.5 Å². The predicted molar refractivity (Wildman–Crippen MR) is 120 cm³/mol. The fraction of sp³-hybridized carbons (Fsp3) is 0.174. The second-order valence-electron chi connectivity index (χ2n) is 7.22. The molecule has 31 heavy (non-hydrogen) atoms. The average Bonchev–Trinajstić information content (AvgIpc) is 2.77. The van der Waals surface area contributed by atoms with Gasteiger partial charge in [-0.25, -0.2) is 12.8 Å². The van der Waals surface area contributed by atoms with E-state index in [1.54, 1.807) is 6.07 Å². The highest BCUT2D eigenvalue weighted by Crippen LogP contribution is 2.23. The van der Waals surface area contributed by atoms with Gasteiger partial charge in [0.1, 0.15) is 5.82 Å². The van der Waals surface area contributed by atoms with E-state index in [4.69, 9.17) is 0 Å². The summed E-state index contributed by atoms with van der Waals surface area (Å²) in [5.74, 6) is -0.831. The van der Waals surface area contributed by atoms with Crippen LogP contribution in [0.2, 0.25) is 0 Å². The molecule has 3 aromatic carbocycles. The molecule has 3 rings (SSSR count). The van der Waals surface area contributed by atoms with Crippen molar-refractivity contribution in [3.05, 3.63) is 89.7 Å². The van der Waals surface area contributed by atoms with Crippen molar-refractivity contribution in [1.82, 2.24) is 5.32 Å². The van der Waals surface area contributed by atoms with Gasteiger partial charge in [-0.05, 0) is 60.2 Å². The number of hydrogen-bond acceptors (Lipinski definition) is 4. The Morgan fingerprint density at radius 2 is 1.52 bits per heavy atom. The first-order valence-electron chi connectivity index (χ1n) is 9.57. The van der Waals surface area contributed by atoms with E-state index >= 15 is 0 Å². The third-order valence-electron chi connectivity index (χ3n) is 4.85. The lowest BCUT2D eigenvalue weighted by molar-refractivity contribution is 0.0950. The van der Waals surface area contributed by atoms with E-state index in [0.717, 1.165) is 15.6 Å². The van der Waals surface area contributed by atoms with Crippen molar-refractivity contribution in [2.75, 3.05) is 30.3 Å². The fourth-order valence-corrected chi connectivity index (χ4v) is 4.18. The molecule has 0 heterocycles. The predicted octanol–water partition coefficient (Wildman–Crippen LogP) is 3.65. The fourth-order valence-electron chi connectivity index (χ4n) is 2.94. The van der Waals surface area contributed by atoms with Gasteiger partial charge in [-0.3, -0.25) is 9.10 Å². The molecule has 8 heteroatoms. The van der Waals surface area contributed by atoms with Crippen molar-refractivity contribution in [2.45, 2.75) is 11.4 Å².